The summed E-state index contributed by atoms with van der Waals surface area (Å²) in [6, 6.07) is 11.4. The summed E-state index contributed by atoms with van der Waals surface area (Å²) >= 11 is 5.96. The maximum absolute atomic E-state index is 12.3. The molecule has 0 radical (unpaired) electrons. The maximum Gasteiger partial charge on any atom is 0.261 e. The fraction of sp³-hybridized carbons (Fsp3) is 0.167. The smallest absolute Gasteiger partial charge is 0.261 e. The van der Waals surface area contributed by atoms with Crippen molar-refractivity contribution < 1.29 is 14.7 Å². The Kier molecular flexibility index (Phi) is 4.70. The second kappa shape index (κ2) is 6.93. The molecule has 2 aromatic carbocycles. The third-order valence-electron chi connectivity index (χ3n) is 3.88. The highest BCUT2D eigenvalue weighted by Gasteiger charge is 2.35. The molecule has 1 aliphatic rings. The first-order chi connectivity index (χ1) is 12.0. The van der Waals surface area contributed by atoms with Crippen LogP contribution in [0.4, 0.5) is 11.4 Å². The zero-order chi connectivity index (χ0) is 18.0. The summed E-state index contributed by atoms with van der Waals surface area (Å²) in [7, 11) is 0. The quantitative estimate of drug-likeness (QED) is 0.639. The fourth-order valence-electron chi connectivity index (χ4n) is 2.62. The van der Waals surface area contributed by atoms with Crippen molar-refractivity contribution in [1.82, 2.24) is 4.90 Å². The van der Waals surface area contributed by atoms with Crippen LogP contribution in [0.5, 0.6) is 0 Å². The molecule has 7 heteroatoms. The van der Waals surface area contributed by atoms with Gasteiger partial charge in [0.15, 0.2) is 0 Å². The highest BCUT2D eigenvalue weighted by atomic mass is 35.5. The Morgan fingerprint density at radius 3 is 2.36 bits per heavy atom. The molecule has 2 N–H and O–H groups in total. The second-order valence-corrected chi connectivity index (χ2v) is 5.99. The van der Waals surface area contributed by atoms with Crippen LogP contribution in [-0.2, 0) is 0 Å². The number of nitrogens with zero attached hydrogens (tertiary/aromatic N) is 2. The molecule has 0 aliphatic carbocycles. The van der Waals surface area contributed by atoms with E-state index < -0.39 is 17.9 Å². The first-order valence-electron chi connectivity index (χ1n) is 7.55. The molecule has 3 rings (SSSR count). The maximum atomic E-state index is 12.3. The lowest BCUT2D eigenvalue weighted by Crippen LogP contribution is -2.39. The van der Waals surface area contributed by atoms with Gasteiger partial charge in [0, 0.05) is 17.3 Å². The van der Waals surface area contributed by atoms with Gasteiger partial charge in [-0.3, -0.25) is 14.5 Å². The van der Waals surface area contributed by atoms with Gasteiger partial charge in [0.25, 0.3) is 11.8 Å². The van der Waals surface area contributed by atoms with E-state index >= 15 is 0 Å². The Morgan fingerprint density at radius 2 is 1.80 bits per heavy atom. The average molecular weight is 356 g/mol. The van der Waals surface area contributed by atoms with Crippen LogP contribution < -0.4 is 5.32 Å². The van der Waals surface area contributed by atoms with Crippen LogP contribution in [0.25, 0.3) is 4.85 Å². The number of carbonyl (C=O) groups is 2. The van der Waals surface area contributed by atoms with Gasteiger partial charge in [0.2, 0.25) is 5.69 Å². The highest BCUT2D eigenvalue weighted by molar-refractivity contribution is 6.33. The van der Waals surface area contributed by atoms with Gasteiger partial charge in [-0.2, -0.15) is 0 Å². The molecule has 2 amide bonds. The van der Waals surface area contributed by atoms with Crippen molar-refractivity contribution in [3.8, 4) is 0 Å². The van der Waals surface area contributed by atoms with Crippen LogP contribution in [0.15, 0.2) is 42.5 Å². The summed E-state index contributed by atoms with van der Waals surface area (Å²) in [6.45, 7) is 6.98. The standard InChI is InChI=1S/C18H14ClN3O3/c1-20-16-7-6-11(8-15(16)19)21-9-12(23)10-22-17(24)13-4-2-3-5-14(13)18(22)25/h2-8,12,21,23H,9-10H2/t12-/m1/s1. The number of aliphatic hydroxyl groups is 1. The monoisotopic (exact) mass is 355 g/mol. The van der Waals surface area contributed by atoms with Crippen LogP contribution in [-0.4, -0.2) is 41.0 Å². The Labute approximate surface area is 149 Å². The SMILES string of the molecule is [C-]#[N+]c1ccc(NC[C@@H](O)CN2C(=O)c3ccccc3C2=O)cc1Cl. The lowest BCUT2D eigenvalue weighted by atomic mass is 10.1. The van der Waals surface area contributed by atoms with Gasteiger partial charge in [-0.25, -0.2) is 4.85 Å². The van der Waals surface area contributed by atoms with Crippen molar-refractivity contribution in [2.75, 3.05) is 18.4 Å². The van der Waals surface area contributed by atoms with E-state index in [0.29, 0.717) is 27.5 Å². The molecule has 126 valence electrons. The van der Waals surface area contributed by atoms with Crippen molar-refractivity contribution in [2.45, 2.75) is 6.10 Å². The van der Waals surface area contributed by atoms with E-state index in [0.717, 1.165) is 4.90 Å². The number of fused-ring (bicyclic) bond motifs is 1. The molecule has 25 heavy (non-hydrogen) atoms. The van der Waals surface area contributed by atoms with Crippen molar-refractivity contribution in [2.24, 2.45) is 0 Å². The molecular formula is C18H14ClN3O3. The summed E-state index contributed by atoms with van der Waals surface area (Å²) in [5.41, 5.74) is 1.70. The molecular weight excluding hydrogens is 342 g/mol. The number of benzene rings is 2. The van der Waals surface area contributed by atoms with Gasteiger partial charge in [0.1, 0.15) is 0 Å². The van der Waals surface area contributed by atoms with Crippen LogP contribution in [0.1, 0.15) is 20.7 Å². The van der Waals surface area contributed by atoms with E-state index in [1.54, 1.807) is 42.5 Å². The third kappa shape index (κ3) is 3.33. The zero-order valence-corrected chi connectivity index (χ0v) is 13.8. The number of nitrogens with one attached hydrogen (secondary N) is 1. The average Bonchev–Trinajstić information content (AvgIpc) is 2.85. The predicted octanol–water partition coefficient (Wildman–Crippen LogP) is 2.96. The van der Waals surface area contributed by atoms with Gasteiger partial charge >= 0.3 is 0 Å². The van der Waals surface area contributed by atoms with Crippen molar-refractivity contribution >= 4 is 34.8 Å². The predicted molar refractivity (Wildman–Crippen MR) is 94.0 cm³/mol. The minimum atomic E-state index is -0.943. The van der Waals surface area contributed by atoms with Crippen molar-refractivity contribution in [3.05, 3.63) is 70.0 Å². The van der Waals surface area contributed by atoms with E-state index in [9.17, 15) is 14.7 Å². The molecule has 0 saturated carbocycles. The Morgan fingerprint density at radius 1 is 1.16 bits per heavy atom. The molecule has 1 atom stereocenters. The summed E-state index contributed by atoms with van der Waals surface area (Å²) in [4.78, 5) is 28.8. The molecule has 2 aromatic rings. The van der Waals surface area contributed by atoms with E-state index in [4.69, 9.17) is 18.2 Å². The number of anilines is 1. The van der Waals surface area contributed by atoms with E-state index in [-0.39, 0.29) is 13.1 Å². The van der Waals surface area contributed by atoms with Crippen molar-refractivity contribution in [3.63, 3.8) is 0 Å². The molecule has 1 heterocycles. The van der Waals surface area contributed by atoms with Gasteiger partial charge < -0.3 is 10.4 Å². The van der Waals surface area contributed by atoms with Crippen LogP contribution in [0.2, 0.25) is 5.02 Å². The molecule has 0 aromatic heterocycles. The molecule has 6 nitrogen and oxygen atoms in total. The zero-order valence-electron chi connectivity index (χ0n) is 13.1. The van der Waals surface area contributed by atoms with Crippen LogP contribution >= 0.6 is 11.6 Å². The summed E-state index contributed by atoms with van der Waals surface area (Å²) in [5, 5.41) is 13.5. The number of rotatable bonds is 5. The fourth-order valence-corrected chi connectivity index (χ4v) is 2.85. The molecule has 1 aliphatic heterocycles. The highest BCUT2D eigenvalue weighted by Crippen LogP contribution is 2.28. The van der Waals surface area contributed by atoms with Gasteiger partial charge in [-0.15, -0.1) is 0 Å². The van der Waals surface area contributed by atoms with Gasteiger partial charge in [-0.1, -0.05) is 29.8 Å². The molecule has 0 bridgehead atoms. The summed E-state index contributed by atoms with van der Waals surface area (Å²) in [6.07, 6.45) is -0.943. The Bertz CT molecular complexity index is 856. The van der Waals surface area contributed by atoms with Crippen LogP contribution in [0, 0.1) is 6.57 Å². The lowest BCUT2D eigenvalue weighted by Gasteiger charge is -2.19. The number of halogens is 1. The molecule has 0 fully saturated rings. The summed E-state index contributed by atoms with van der Waals surface area (Å²) in [5.74, 6) is -0.798. The minimum Gasteiger partial charge on any atom is -0.389 e. The van der Waals surface area contributed by atoms with E-state index in [2.05, 4.69) is 10.2 Å². The van der Waals surface area contributed by atoms with Gasteiger partial charge in [0.05, 0.1) is 30.3 Å². The topological polar surface area (TPSA) is 74.0 Å². The number of hydrogen-bond donors (Lipinski definition) is 2. The first kappa shape index (κ1) is 17.0. The molecule has 0 saturated heterocycles. The number of imide groups is 1. The number of aliphatic hydroxyl groups excluding tert-OH is 1. The minimum absolute atomic E-state index is 0.104. The molecule has 0 spiro atoms. The van der Waals surface area contributed by atoms with E-state index in [1.165, 1.54) is 0 Å². The Balaban J connectivity index is 1.61. The number of hydrogen-bond acceptors (Lipinski definition) is 4. The summed E-state index contributed by atoms with van der Waals surface area (Å²) < 4.78 is 0. The Hall–Kier alpha value is -2.88. The normalized spacial score (nSPS) is 14.2. The van der Waals surface area contributed by atoms with Gasteiger partial charge in [-0.05, 0) is 24.3 Å². The number of β-amino-alcohol motifs (C(OH)–C–C–N with tert-alkyl or cyclic N) is 1. The van der Waals surface area contributed by atoms with E-state index in [1.807, 2.05) is 0 Å². The lowest BCUT2D eigenvalue weighted by molar-refractivity contribution is 0.0558. The third-order valence-corrected chi connectivity index (χ3v) is 4.18. The number of amides is 2. The van der Waals surface area contributed by atoms with Crippen LogP contribution in [0.3, 0.4) is 0 Å². The molecule has 0 unspecified atom stereocenters. The second-order valence-electron chi connectivity index (χ2n) is 5.58. The number of carbonyl (C=O) groups excluding carboxylic acids is 2. The largest absolute Gasteiger partial charge is 0.389 e. The van der Waals surface area contributed by atoms with Crippen molar-refractivity contribution in [1.29, 1.82) is 0 Å². The first-order valence-corrected chi connectivity index (χ1v) is 7.93.